The van der Waals surface area contributed by atoms with Crippen LogP contribution in [0.5, 0.6) is 0 Å². The third-order valence-corrected chi connectivity index (χ3v) is 10.3. The molecule has 10 unspecified atom stereocenters. The molecule has 0 radical (unpaired) electrons. The Balaban J connectivity index is 1.38. The maximum absolute atomic E-state index is 12.6. The number of imidazole rings is 1. The van der Waals surface area contributed by atoms with E-state index < -0.39 is 91.3 Å². The summed E-state index contributed by atoms with van der Waals surface area (Å²) in [6, 6.07) is -0.984. The first-order chi connectivity index (χ1) is 22.8. The van der Waals surface area contributed by atoms with Crippen LogP contribution in [0.15, 0.2) is 41.4 Å². The van der Waals surface area contributed by atoms with E-state index in [4.69, 9.17) is 25.3 Å². The number of carbonyl (C=O) groups excluding carboxylic acids is 1. The average molecular weight is 757 g/mol. The lowest BCUT2D eigenvalue weighted by Crippen LogP contribution is -2.35. The molecule has 49 heavy (non-hydrogen) atoms. The number of rotatable bonds is 15. The first-order valence-corrected chi connectivity index (χ1v) is 18.5. The number of anilines is 1. The Hall–Kier alpha value is -2.82. The number of amides is 1. The smallest absolute Gasteiger partial charge is 0.390 e. The quantitative estimate of drug-likeness (QED) is 0.0435. The molecule has 4 rings (SSSR count). The summed E-state index contributed by atoms with van der Waals surface area (Å²) in [6.45, 7) is -0.179. The number of phosphoric ester groups is 3. The zero-order chi connectivity index (χ0) is 36.3. The van der Waals surface area contributed by atoms with Crippen molar-refractivity contribution in [3.05, 3.63) is 36.5 Å². The molecule has 2 fully saturated rings. The van der Waals surface area contributed by atoms with Gasteiger partial charge in [-0.1, -0.05) is 12.2 Å². The van der Waals surface area contributed by atoms with Gasteiger partial charge in [-0.2, -0.15) is 4.31 Å². The molecular weight excluding hydrogens is 723 g/mol. The lowest BCUT2D eigenvalue weighted by Gasteiger charge is -2.22. The van der Waals surface area contributed by atoms with Gasteiger partial charge in [0.05, 0.1) is 37.3 Å². The van der Waals surface area contributed by atoms with Crippen molar-refractivity contribution in [2.45, 2.75) is 56.1 Å². The molecule has 1 saturated carbocycles. The lowest BCUT2D eigenvalue weighted by atomic mass is 10.1. The van der Waals surface area contributed by atoms with Gasteiger partial charge in [-0.15, -0.1) is 0 Å². The number of aliphatic hydroxyl groups excluding tert-OH is 3. The molecule has 0 bridgehead atoms. The summed E-state index contributed by atoms with van der Waals surface area (Å²) in [5, 5.41) is 31.6. The Morgan fingerprint density at radius 2 is 1.73 bits per heavy atom. The second kappa shape index (κ2) is 15.6. The monoisotopic (exact) mass is 757 g/mol. The molecule has 0 spiro atoms. The number of aliphatic imine (C=N–C) groups is 1. The van der Waals surface area contributed by atoms with Gasteiger partial charge in [0.25, 0.3) is 0 Å². The number of hydrogen-bond donors (Lipinski definition) is 9. The number of ether oxygens (including phenoxy) is 1. The summed E-state index contributed by atoms with van der Waals surface area (Å²) in [5.74, 6) is -1.88. The van der Waals surface area contributed by atoms with Crippen molar-refractivity contribution in [3.8, 4) is 0 Å². The number of hydrogen-bond acceptors (Lipinski definition) is 17. The minimum absolute atomic E-state index is 0.00549. The van der Waals surface area contributed by atoms with Gasteiger partial charge in [-0.05, 0) is 19.4 Å². The van der Waals surface area contributed by atoms with Gasteiger partial charge >= 0.3 is 23.5 Å². The van der Waals surface area contributed by atoms with Gasteiger partial charge in [-0.25, -0.2) is 28.6 Å². The summed E-state index contributed by atoms with van der Waals surface area (Å²) in [6.07, 6.45) is -2.30. The number of nitrogens with two attached hydrogens (primary N) is 2. The fourth-order valence-corrected chi connectivity index (χ4v) is 7.65. The van der Waals surface area contributed by atoms with Crippen molar-refractivity contribution >= 4 is 52.6 Å². The fourth-order valence-electron chi connectivity index (χ4n) is 4.94. The highest BCUT2D eigenvalue weighted by Crippen LogP contribution is 2.61. The zero-order valence-corrected chi connectivity index (χ0v) is 27.9. The predicted octanol–water partition coefficient (Wildman–Crippen LogP) is -1.44. The summed E-state index contributed by atoms with van der Waals surface area (Å²) in [4.78, 5) is 66.4. The van der Waals surface area contributed by atoms with E-state index in [-0.39, 0.29) is 29.0 Å². The third kappa shape index (κ3) is 9.91. The lowest BCUT2D eigenvalue weighted by molar-refractivity contribution is -0.114. The number of aliphatic hydroxyl groups is 3. The van der Waals surface area contributed by atoms with Crippen molar-refractivity contribution in [1.29, 1.82) is 0 Å². The highest BCUT2D eigenvalue weighted by molar-refractivity contribution is 7.61. The maximum Gasteiger partial charge on any atom is 0.481 e. The Morgan fingerprint density at radius 3 is 2.37 bits per heavy atom. The first kappa shape index (κ1) is 39.0. The third-order valence-electron chi connectivity index (χ3n) is 7.22. The number of aromatic nitrogens is 4. The molecule has 272 valence electrons. The largest absolute Gasteiger partial charge is 0.481 e. The van der Waals surface area contributed by atoms with Gasteiger partial charge < -0.3 is 51.1 Å². The van der Waals surface area contributed by atoms with Crippen LogP contribution in [0.3, 0.4) is 0 Å². The van der Waals surface area contributed by atoms with E-state index in [9.17, 15) is 53.4 Å². The highest BCUT2D eigenvalue weighted by atomic mass is 31.3. The maximum atomic E-state index is 12.6. The average Bonchev–Trinajstić information content (AvgIpc) is 3.64. The number of primary amides is 1. The number of carbonyl (C=O) groups is 1. The molecule has 26 heteroatoms. The number of allylic oxidation sites excluding steroid dienone is 3. The zero-order valence-electron chi connectivity index (χ0n) is 25.2. The van der Waals surface area contributed by atoms with Crippen LogP contribution in [0.4, 0.5) is 5.82 Å². The van der Waals surface area contributed by atoms with Crippen LogP contribution in [-0.2, 0) is 41.1 Å². The minimum atomic E-state index is -5.53. The van der Waals surface area contributed by atoms with E-state index in [0.717, 1.165) is 23.4 Å². The van der Waals surface area contributed by atoms with E-state index >= 15 is 0 Å². The van der Waals surface area contributed by atoms with E-state index in [2.05, 4.69) is 28.8 Å². The van der Waals surface area contributed by atoms with Crippen molar-refractivity contribution in [3.63, 3.8) is 0 Å². The molecule has 3 heterocycles. The van der Waals surface area contributed by atoms with Gasteiger partial charge in [0.15, 0.2) is 17.7 Å². The minimum Gasteiger partial charge on any atom is -0.390 e. The van der Waals surface area contributed by atoms with E-state index in [1.54, 1.807) is 13.0 Å². The van der Waals surface area contributed by atoms with Crippen LogP contribution in [0.2, 0.25) is 0 Å². The standard InChI is InChI=1S/C23H34N7O16P3/c1-2-3-4-11(21(25)34)6-26-13-5-12(16(31)17(13)32)7-42-48(38,39)46-49(40,41)43-8-14-19(45-47(35,36)37)18(33)23(44-14)30-10-29-15-20(24)27-9-28-22(15)30/h2-4,6,9-10,12-14,16-19,23,31-33H,5,7-8H2,1H3,(H2,25,34)(H,38,39)(H,40,41)(H2,24,27,28)(H2,35,36,37)/b3-2-,11-4+,26-6?. The molecule has 2 aromatic rings. The first-order valence-electron chi connectivity index (χ1n) is 14.0. The SMILES string of the molecule is C/C=C\C=C(/C=NC1CC(COP(=O)(O)OP(=O)(O)OCC2OC(n3cnc4c(N)ncnc43)C(O)C2OP(=O)(O)O)C(O)C1O)C(N)=O. The Bertz CT molecular complexity index is 1750. The van der Waals surface area contributed by atoms with Crippen LogP contribution < -0.4 is 11.5 Å². The van der Waals surface area contributed by atoms with E-state index in [0.29, 0.717) is 0 Å². The van der Waals surface area contributed by atoms with Gasteiger partial charge in [0, 0.05) is 12.1 Å². The molecular formula is C23H34N7O16P3. The Morgan fingerprint density at radius 1 is 1.06 bits per heavy atom. The number of phosphoric acid groups is 3. The van der Waals surface area contributed by atoms with Crippen molar-refractivity contribution in [2.24, 2.45) is 16.6 Å². The molecule has 2 aromatic heterocycles. The number of nitrogens with zero attached hydrogens (tertiary/aromatic N) is 5. The second-order valence-corrected chi connectivity index (χ2v) is 14.9. The molecule has 2 aliphatic rings. The molecule has 11 N–H and O–H groups in total. The molecule has 1 aliphatic heterocycles. The second-order valence-electron chi connectivity index (χ2n) is 10.6. The van der Waals surface area contributed by atoms with Crippen molar-refractivity contribution < 1.29 is 76.0 Å². The van der Waals surface area contributed by atoms with Gasteiger partial charge in [0.1, 0.15) is 36.3 Å². The Kier molecular flexibility index (Phi) is 12.4. The molecule has 1 saturated heterocycles. The molecule has 10 atom stereocenters. The van der Waals surface area contributed by atoms with Crippen LogP contribution in [0.1, 0.15) is 19.6 Å². The number of nitrogen functional groups attached to an aromatic ring is 1. The normalized spacial score (nSPS) is 30.7. The van der Waals surface area contributed by atoms with Crippen LogP contribution in [0, 0.1) is 5.92 Å². The predicted molar refractivity (Wildman–Crippen MR) is 164 cm³/mol. The number of fused-ring (bicyclic) bond motifs is 1. The van der Waals surface area contributed by atoms with Crippen LogP contribution >= 0.6 is 23.5 Å². The molecule has 23 nitrogen and oxygen atoms in total. The van der Waals surface area contributed by atoms with E-state index in [1.165, 1.54) is 12.2 Å². The molecule has 1 amide bonds. The Labute approximate surface area is 276 Å². The topological polar surface area (TPSA) is 364 Å². The molecule has 0 aromatic carbocycles. The summed E-state index contributed by atoms with van der Waals surface area (Å²) in [5.41, 5.74) is 11.2. The van der Waals surface area contributed by atoms with Gasteiger partial charge in [-0.3, -0.25) is 27.9 Å². The molecule has 1 aliphatic carbocycles. The van der Waals surface area contributed by atoms with E-state index in [1.807, 2.05) is 0 Å². The van der Waals surface area contributed by atoms with Crippen molar-refractivity contribution in [1.82, 2.24) is 19.5 Å². The highest BCUT2D eigenvalue weighted by Gasteiger charge is 2.50. The van der Waals surface area contributed by atoms with Crippen molar-refractivity contribution in [2.75, 3.05) is 18.9 Å². The summed E-state index contributed by atoms with van der Waals surface area (Å²) in [7, 11) is -16.3. The fraction of sp³-hybridized carbons (Fsp3) is 0.522. The summed E-state index contributed by atoms with van der Waals surface area (Å²) < 4.78 is 61.9. The van der Waals surface area contributed by atoms with Crippen LogP contribution in [0.25, 0.3) is 11.2 Å². The summed E-state index contributed by atoms with van der Waals surface area (Å²) >= 11 is 0. The van der Waals surface area contributed by atoms with Crippen LogP contribution in [-0.4, -0.2) is 116 Å². The van der Waals surface area contributed by atoms with Gasteiger partial charge in [0.2, 0.25) is 5.91 Å².